The Hall–Kier alpha value is -9.23. The van der Waals surface area contributed by atoms with Gasteiger partial charge in [-0.25, -0.2) is 0 Å². The minimum atomic E-state index is -1.76. The molecule has 0 aliphatic heterocycles. The number of primary amides is 1. The summed E-state index contributed by atoms with van der Waals surface area (Å²) in [7, 11) is 0. The Balaban J connectivity index is 1.28. The Kier molecular flexibility index (Phi) is 25.9. The molecule has 3 aromatic carbocycles. The first-order chi connectivity index (χ1) is 41.3. The smallest absolute Gasteiger partial charge is 0.305 e. The van der Waals surface area contributed by atoms with Gasteiger partial charge in [-0.15, -0.1) is 0 Å². The highest BCUT2D eigenvalue weighted by Crippen LogP contribution is 2.37. The average molecular weight is 1280 g/mol. The summed E-state index contributed by atoms with van der Waals surface area (Å²) in [6.45, 7) is 8.64. The molecule has 24 nitrogen and oxygen atoms in total. The maximum Gasteiger partial charge on any atom is 0.305 e. The number of pyridine rings is 2. The Morgan fingerprint density at radius 2 is 0.874 bits per heavy atom. The lowest BCUT2D eigenvalue weighted by Crippen LogP contribution is -2.55. The number of ketones is 2. The number of hydrogen-bond donors (Lipinski definition) is 9. The minimum Gasteiger partial charge on any atom is -0.482 e. The monoisotopic (exact) mass is 1270 g/mol. The maximum atomic E-state index is 14.0. The summed E-state index contributed by atoms with van der Waals surface area (Å²) >= 11 is 25.4. The van der Waals surface area contributed by atoms with Crippen LogP contribution >= 0.6 is 46.4 Å². The Bertz CT molecular complexity index is 3270. The van der Waals surface area contributed by atoms with Gasteiger partial charge in [-0.1, -0.05) is 79.5 Å². The van der Waals surface area contributed by atoms with Gasteiger partial charge in [-0.3, -0.25) is 62.7 Å². The van der Waals surface area contributed by atoms with E-state index < -0.39 is 115 Å². The normalized spacial score (nSPS) is 12.1. The number of amides is 7. The minimum absolute atomic E-state index is 0.0477. The molecule has 5 rings (SSSR count). The van der Waals surface area contributed by atoms with E-state index in [0.717, 1.165) is 0 Å². The molecule has 0 saturated carbocycles. The summed E-state index contributed by atoms with van der Waals surface area (Å²) in [6.07, 6.45) is 4.21. The van der Waals surface area contributed by atoms with Crippen molar-refractivity contribution < 1.29 is 72.4 Å². The van der Waals surface area contributed by atoms with Gasteiger partial charge in [0.25, 0.3) is 11.8 Å². The van der Waals surface area contributed by atoms with Crippen molar-refractivity contribution in [1.82, 2.24) is 41.9 Å². The lowest BCUT2D eigenvalue weighted by molar-refractivity contribution is -0.141. The number of carbonyl (C=O) groups excluding carboxylic acids is 9. The topological polar surface area (TPSA) is 371 Å². The van der Waals surface area contributed by atoms with Crippen LogP contribution in [0.2, 0.25) is 20.1 Å². The molecule has 28 heteroatoms. The largest absolute Gasteiger partial charge is 0.482 e. The van der Waals surface area contributed by atoms with Crippen LogP contribution in [0.25, 0.3) is 0 Å². The van der Waals surface area contributed by atoms with Crippen molar-refractivity contribution in [3.8, 4) is 11.5 Å². The van der Waals surface area contributed by atoms with Crippen molar-refractivity contribution in [2.45, 2.75) is 89.6 Å². The van der Waals surface area contributed by atoms with E-state index in [1.807, 2.05) is 0 Å². The lowest BCUT2D eigenvalue weighted by Gasteiger charge is -2.23. The molecule has 0 radical (unpaired) electrons. The molecule has 2 aromatic heterocycles. The van der Waals surface area contributed by atoms with E-state index in [4.69, 9.17) is 61.6 Å². The highest BCUT2D eigenvalue weighted by molar-refractivity contribution is 6.46. The fourth-order valence-electron chi connectivity index (χ4n) is 8.07. The second kappa shape index (κ2) is 32.9. The van der Waals surface area contributed by atoms with Crippen LogP contribution in [0.3, 0.4) is 0 Å². The van der Waals surface area contributed by atoms with Crippen molar-refractivity contribution in [3.63, 3.8) is 0 Å². The van der Waals surface area contributed by atoms with Crippen LogP contribution in [-0.2, 0) is 64.3 Å². The fourth-order valence-corrected chi connectivity index (χ4v) is 8.99. The number of nitrogens with one attached hydrogen (secondary N) is 6. The predicted octanol–water partition coefficient (Wildman–Crippen LogP) is 5.25. The summed E-state index contributed by atoms with van der Waals surface area (Å²) in [5, 5.41) is 33.6. The third kappa shape index (κ3) is 20.5. The molecular formula is C59H59Cl4N9O15. The number of carboxylic acid groups (broad SMARTS) is 2. The summed E-state index contributed by atoms with van der Waals surface area (Å²) in [4.78, 5) is 152. The number of aliphatic carboxylic acids is 2. The summed E-state index contributed by atoms with van der Waals surface area (Å²) in [5.74, 6) is -10.7. The van der Waals surface area contributed by atoms with Crippen molar-refractivity contribution in [2.75, 3.05) is 13.2 Å². The van der Waals surface area contributed by atoms with Gasteiger partial charge in [-0.05, 0) is 107 Å². The molecule has 0 bridgehead atoms. The van der Waals surface area contributed by atoms with E-state index in [0.29, 0.717) is 24.0 Å². The van der Waals surface area contributed by atoms with E-state index in [1.165, 1.54) is 67.3 Å². The molecule has 0 fully saturated rings. The number of allylic oxidation sites excluding steroid dienone is 2. The molecule has 0 unspecified atom stereocenters. The summed E-state index contributed by atoms with van der Waals surface area (Å²) < 4.78 is 11.0. The SMILES string of the molecule is C=C(CC)C(=O)c1ccc(OCC(=O)N[C@@H](CC(=O)O)C(=O)N[C@@H](Cc2ccncc2)C(=O)NCc2cc(CNC(=O)[C@H](Cc3ccncc3)NC(=O)[C@H](CC(=O)O)NC(=O)COc3ccc(C(=O)C(=C)CC)c(Cl)c3Cl)cc(C(N)=O)c2)c(Cl)c1Cl. The zero-order valence-electron chi connectivity index (χ0n) is 46.6. The van der Waals surface area contributed by atoms with Gasteiger partial charge in [-0.2, -0.15) is 0 Å². The quantitative estimate of drug-likeness (QED) is 0.0191. The number of carbonyl (C=O) groups is 11. The molecular weight excluding hydrogens is 1220 g/mol. The number of Topliss-reactive ketones (excluding diaryl/α,β-unsaturated/α-hetero) is 2. The zero-order chi connectivity index (χ0) is 64.1. The number of halogens is 4. The van der Waals surface area contributed by atoms with Gasteiger partial charge >= 0.3 is 11.9 Å². The number of nitrogens with zero attached hydrogens (tertiary/aromatic N) is 2. The predicted molar refractivity (Wildman–Crippen MR) is 318 cm³/mol. The molecule has 0 aliphatic rings. The first-order valence-corrected chi connectivity index (χ1v) is 27.9. The second-order valence-electron chi connectivity index (χ2n) is 19.1. The number of ether oxygens (including phenoxy) is 2. The molecule has 0 aliphatic carbocycles. The molecule has 5 aromatic rings. The molecule has 7 amide bonds. The van der Waals surface area contributed by atoms with Crippen LogP contribution in [-0.4, -0.2) is 122 Å². The van der Waals surface area contributed by atoms with Gasteiger partial charge in [0.2, 0.25) is 29.5 Å². The van der Waals surface area contributed by atoms with Crippen LogP contribution in [0, 0.1) is 0 Å². The molecule has 4 atom stereocenters. The standard InChI is InChI=1S/C59H59Cl4N9O15/c1-5-30(3)53(79)37-7-9-43(51(62)49(37)60)86-28-45(73)69-41(24-47(75)76)58(84)71-39(22-32-11-15-65-16-12-32)56(82)67-26-34-19-35(21-36(20-34)55(64)81)27-68-57(83)40(23-33-13-17-66-18-14-33)72-59(85)42(25-48(77)78)70-46(74)29-87-44-10-8-38(50(61)52(44)63)54(80)31(4)6-2/h7-21,39-42H,3-6,22-29H2,1-2H3,(H2,64,81)(H,67,82)(H,68,83)(H,69,73)(H,70,74)(H,71,84)(H,72,85)(H,75,76)(H,77,78)/t39-,40-,41-,42-/m0/s1. The van der Waals surface area contributed by atoms with E-state index >= 15 is 0 Å². The Morgan fingerprint density at radius 3 is 1.21 bits per heavy atom. The van der Waals surface area contributed by atoms with Crippen LogP contribution in [0.15, 0.2) is 116 Å². The van der Waals surface area contributed by atoms with Crippen LogP contribution in [0.5, 0.6) is 11.5 Å². The van der Waals surface area contributed by atoms with Gasteiger partial charge in [0.1, 0.15) is 45.7 Å². The number of carboxylic acids is 2. The molecule has 0 saturated heterocycles. The second-order valence-corrected chi connectivity index (χ2v) is 20.7. The van der Waals surface area contributed by atoms with Gasteiger partial charge in [0, 0.05) is 67.4 Å². The van der Waals surface area contributed by atoms with Gasteiger partial charge in [0.15, 0.2) is 24.8 Å². The van der Waals surface area contributed by atoms with Crippen molar-refractivity contribution >= 4 is 111 Å². The number of rotatable bonds is 33. The van der Waals surface area contributed by atoms with E-state index in [2.05, 4.69) is 55.0 Å². The van der Waals surface area contributed by atoms with E-state index in [-0.39, 0.29) is 96.5 Å². The van der Waals surface area contributed by atoms with E-state index in [1.54, 1.807) is 38.1 Å². The van der Waals surface area contributed by atoms with Crippen molar-refractivity contribution in [1.29, 1.82) is 0 Å². The fraction of sp³-hybridized carbons (Fsp3) is 0.271. The molecule has 458 valence electrons. The third-order valence-electron chi connectivity index (χ3n) is 12.8. The van der Waals surface area contributed by atoms with Crippen LogP contribution in [0.1, 0.15) is 92.9 Å². The highest BCUT2D eigenvalue weighted by atomic mass is 35.5. The average Bonchev–Trinajstić information content (AvgIpc) is 3.69. The summed E-state index contributed by atoms with van der Waals surface area (Å²) in [5.41, 5.74) is 7.79. The van der Waals surface area contributed by atoms with Crippen LogP contribution in [0.4, 0.5) is 0 Å². The Morgan fingerprint density at radius 1 is 0.506 bits per heavy atom. The molecule has 87 heavy (non-hydrogen) atoms. The lowest BCUT2D eigenvalue weighted by atomic mass is 10.0. The number of hydrogen-bond acceptors (Lipinski definition) is 15. The summed E-state index contributed by atoms with van der Waals surface area (Å²) in [6, 6.07) is 9.31. The van der Waals surface area contributed by atoms with Crippen LogP contribution < -0.4 is 47.1 Å². The van der Waals surface area contributed by atoms with E-state index in [9.17, 15) is 63.0 Å². The first kappa shape index (κ1) is 68.5. The Labute approximate surface area is 517 Å². The molecule has 10 N–H and O–H groups in total. The first-order valence-electron chi connectivity index (χ1n) is 26.4. The molecule has 2 heterocycles. The number of nitrogens with two attached hydrogens (primary N) is 1. The van der Waals surface area contributed by atoms with Gasteiger partial charge in [0.05, 0.1) is 22.9 Å². The van der Waals surface area contributed by atoms with Crippen molar-refractivity contribution in [3.05, 3.63) is 175 Å². The van der Waals surface area contributed by atoms with Gasteiger partial charge < -0.3 is 57.3 Å². The van der Waals surface area contributed by atoms with Crippen molar-refractivity contribution in [2.24, 2.45) is 5.73 Å². The third-order valence-corrected chi connectivity index (χ3v) is 14.5. The number of benzene rings is 3. The number of aromatic nitrogens is 2. The zero-order valence-corrected chi connectivity index (χ0v) is 49.7. The highest BCUT2D eigenvalue weighted by Gasteiger charge is 2.32. The molecule has 0 spiro atoms. The maximum absolute atomic E-state index is 14.0.